The lowest BCUT2D eigenvalue weighted by Gasteiger charge is -2.02. The highest BCUT2D eigenvalue weighted by molar-refractivity contribution is 7.98. The summed E-state index contributed by atoms with van der Waals surface area (Å²) in [5, 5.41) is 9.05. The third-order valence-corrected chi connectivity index (χ3v) is 3.49. The summed E-state index contributed by atoms with van der Waals surface area (Å²) in [6, 6.07) is 7.90. The van der Waals surface area contributed by atoms with E-state index in [0.717, 1.165) is 22.4 Å². The average Bonchev–Trinajstić information content (AvgIpc) is 2.60. The monoisotopic (exact) mass is 234 g/mol. The summed E-state index contributed by atoms with van der Waals surface area (Å²) in [5.41, 5.74) is 7.66. The van der Waals surface area contributed by atoms with Gasteiger partial charge in [0, 0.05) is 18.5 Å². The molecular formula is C11H14N4S. The topological polar surface area (TPSA) is 56.7 Å². The number of benzene rings is 1. The quantitative estimate of drug-likeness (QED) is 0.652. The maximum Gasteiger partial charge on any atom is 0.191 e. The Balaban J connectivity index is 2.02. The van der Waals surface area contributed by atoms with Gasteiger partial charge < -0.3 is 10.3 Å². The van der Waals surface area contributed by atoms with Crippen molar-refractivity contribution < 1.29 is 0 Å². The molecule has 0 spiro atoms. The van der Waals surface area contributed by atoms with Gasteiger partial charge in [0.05, 0.1) is 0 Å². The highest BCUT2D eigenvalue weighted by Gasteiger charge is 2.05. The first-order valence-electron chi connectivity index (χ1n) is 5.00. The first-order valence-corrected chi connectivity index (χ1v) is 5.98. The molecule has 0 saturated heterocycles. The molecule has 4 nitrogen and oxygen atoms in total. The number of thioether (sulfide) groups is 1. The highest BCUT2D eigenvalue weighted by Crippen LogP contribution is 2.21. The van der Waals surface area contributed by atoms with Gasteiger partial charge in [-0.2, -0.15) is 0 Å². The fourth-order valence-corrected chi connectivity index (χ4v) is 2.19. The zero-order chi connectivity index (χ0) is 11.5. The van der Waals surface area contributed by atoms with E-state index < -0.39 is 0 Å². The lowest BCUT2D eigenvalue weighted by Crippen LogP contribution is -1.94. The Morgan fingerprint density at radius 1 is 1.25 bits per heavy atom. The molecule has 1 aromatic heterocycles. The van der Waals surface area contributed by atoms with Crippen LogP contribution in [0.25, 0.3) is 0 Å². The number of aromatic nitrogens is 3. The minimum atomic E-state index is 0.795. The van der Waals surface area contributed by atoms with Gasteiger partial charge in [0.2, 0.25) is 0 Å². The average molecular weight is 234 g/mol. The summed E-state index contributed by atoms with van der Waals surface area (Å²) in [6.07, 6.45) is 0. The van der Waals surface area contributed by atoms with Crippen molar-refractivity contribution in [1.29, 1.82) is 0 Å². The molecule has 16 heavy (non-hydrogen) atoms. The molecule has 0 radical (unpaired) electrons. The fraction of sp³-hybridized carbons (Fsp3) is 0.273. The maximum atomic E-state index is 5.63. The summed E-state index contributed by atoms with van der Waals surface area (Å²) in [5.74, 6) is 1.81. The molecule has 2 rings (SSSR count). The summed E-state index contributed by atoms with van der Waals surface area (Å²) < 4.78 is 1.99. The van der Waals surface area contributed by atoms with Crippen molar-refractivity contribution in [3.8, 4) is 0 Å². The second kappa shape index (κ2) is 4.57. The van der Waals surface area contributed by atoms with E-state index in [4.69, 9.17) is 5.73 Å². The van der Waals surface area contributed by atoms with Gasteiger partial charge >= 0.3 is 0 Å². The molecule has 84 valence electrons. The van der Waals surface area contributed by atoms with Gasteiger partial charge in [0.1, 0.15) is 5.82 Å². The van der Waals surface area contributed by atoms with E-state index in [0.29, 0.717) is 0 Å². The van der Waals surface area contributed by atoms with E-state index in [1.54, 1.807) is 11.8 Å². The normalized spacial score (nSPS) is 10.6. The summed E-state index contributed by atoms with van der Waals surface area (Å²) in [4.78, 5) is 0. The lowest BCUT2D eigenvalue weighted by atomic mass is 10.2. The first-order chi connectivity index (χ1) is 7.66. The van der Waals surface area contributed by atoms with Gasteiger partial charge in [0.15, 0.2) is 5.16 Å². The van der Waals surface area contributed by atoms with Crippen LogP contribution < -0.4 is 5.73 Å². The highest BCUT2D eigenvalue weighted by atomic mass is 32.2. The van der Waals surface area contributed by atoms with E-state index in [2.05, 4.69) is 10.2 Å². The van der Waals surface area contributed by atoms with Crippen LogP contribution >= 0.6 is 11.8 Å². The van der Waals surface area contributed by atoms with Crippen LogP contribution in [0.3, 0.4) is 0 Å². The Bertz CT molecular complexity index is 475. The Morgan fingerprint density at radius 3 is 2.50 bits per heavy atom. The van der Waals surface area contributed by atoms with Crippen molar-refractivity contribution >= 4 is 17.4 Å². The molecule has 1 aromatic carbocycles. The SMILES string of the molecule is Cc1nnc(SCc2ccc(N)cc2)n1C. The molecule has 0 fully saturated rings. The molecule has 0 bridgehead atoms. The fourth-order valence-electron chi connectivity index (χ4n) is 1.28. The molecule has 1 heterocycles. The van der Waals surface area contributed by atoms with Gasteiger partial charge in [0.25, 0.3) is 0 Å². The van der Waals surface area contributed by atoms with E-state index in [9.17, 15) is 0 Å². The largest absolute Gasteiger partial charge is 0.399 e. The maximum absolute atomic E-state index is 5.63. The van der Waals surface area contributed by atoms with E-state index in [-0.39, 0.29) is 0 Å². The van der Waals surface area contributed by atoms with E-state index in [1.807, 2.05) is 42.8 Å². The second-order valence-electron chi connectivity index (χ2n) is 3.62. The van der Waals surface area contributed by atoms with Gasteiger partial charge in [-0.25, -0.2) is 0 Å². The zero-order valence-corrected chi connectivity index (χ0v) is 10.2. The van der Waals surface area contributed by atoms with Crippen molar-refractivity contribution in [2.45, 2.75) is 17.8 Å². The van der Waals surface area contributed by atoms with Gasteiger partial charge in [-0.3, -0.25) is 0 Å². The van der Waals surface area contributed by atoms with Crippen molar-refractivity contribution in [1.82, 2.24) is 14.8 Å². The molecule has 0 saturated carbocycles. The van der Waals surface area contributed by atoms with Crippen molar-refractivity contribution in [3.63, 3.8) is 0 Å². The lowest BCUT2D eigenvalue weighted by molar-refractivity contribution is 0.765. The Kier molecular flexibility index (Phi) is 3.14. The summed E-state index contributed by atoms with van der Waals surface area (Å²) >= 11 is 1.68. The molecule has 2 aromatic rings. The van der Waals surface area contributed by atoms with Gasteiger partial charge in [-0.1, -0.05) is 23.9 Å². The van der Waals surface area contributed by atoms with Crippen LogP contribution in [-0.2, 0) is 12.8 Å². The first kappa shape index (κ1) is 11.0. The second-order valence-corrected chi connectivity index (χ2v) is 4.56. The number of hydrogen-bond acceptors (Lipinski definition) is 4. The van der Waals surface area contributed by atoms with Crippen LogP contribution in [0, 0.1) is 6.92 Å². The standard InChI is InChI=1S/C11H14N4S/c1-8-13-14-11(15(8)2)16-7-9-3-5-10(12)6-4-9/h3-6H,7,12H2,1-2H3. The third-order valence-electron chi connectivity index (χ3n) is 2.40. The number of nitrogens with zero attached hydrogens (tertiary/aromatic N) is 3. The summed E-state index contributed by atoms with van der Waals surface area (Å²) in [7, 11) is 1.97. The molecule has 5 heteroatoms. The number of aryl methyl sites for hydroxylation is 1. The van der Waals surface area contributed by atoms with Crippen molar-refractivity contribution in [2.75, 3.05) is 5.73 Å². The molecular weight excluding hydrogens is 220 g/mol. The molecule has 0 amide bonds. The van der Waals surface area contributed by atoms with Crippen LogP contribution in [-0.4, -0.2) is 14.8 Å². The van der Waals surface area contributed by atoms with Crippen LogP contribution in [0.15, 0.2) is 29.4 Å². The Morgan fingerprint density at radius 2 is 1.94 bits per heavy atom. The predicted octanol–water partition coefficient (Wildman–Crippen LogP) is 2.00. The summed E-state index contributed by atoms with van der Waals surface area (Å²) in [6.45, 7) is 1.94. The number of nitrogens with two attached hydrogens (primary N) is 1. The van der Waals surface area contributed by atoms with E-state index >= 15 is 0 Å². The smallest absolute Gasteiger partial charge is 0.191 e. The minimum Gasteiger partial charge on any atom is -0.399 e. The zero-order valence-electron chi connectivity index (χ0n) is 9.34. The van der Waals surface area contributed by atoms with Crippen molar-refractivity contribution in [2.24, 2.45) is 7.05 Å². The number of hydrogen-bond donors (Lipinski definition) is 1. The number of nitrogen functional groups attached to an aromatic ring is 1. The van der Waals surface area contributed by atoms with Crippen LogP contribution in [0.5, 0.6) is 0 Å². The van der Waals surface area contributed by atoms with Crippen LogP contribution in [0.2, 0.25) is 0 Å². The molecule has 0 unspecified atom stereocenters. The molecule has 2 N–H and O–H groups in total. The minimum absolute atomic E-state index is 0.795. The third kappa shape index (κ3) is 2.36. The van der Waals surface area contributed by atoms with Crippen LogP contribution in [0.1, 0.15) is 11.4 Å². The predicted molar refractivity (Wildman–Crippen MR) is 66.2 cm³/mol. The van der Waals surface area contributed by atoms with Crippen LogP contribution in [0.4, 0.5) is 5.69 Å². The Hall–Kier alpha value is -1.49. The number of rotatable bonds is 3. The number of anilines is 1. The molecule has 0 aliphatic heterocycles. The molecule has 0 aliphatic carbocycles. The van der Waals surface area contributed by atoms with Gasteiger partial charge in [-0.15, -0.1) is 10.2 Å². The molecule has 0 aliphatic rings. The van der Waals surface area contributed by atoms with E-state index in [1.165, 1.54) is 5.56 Å². The Labute approximate surface area is 98.9 Å². The molecule has 0 atom stereocenters. The van der Waals surface area contributed by atoms with Gasteiger partial charge in [-0.05, 0) is 24.6 Å². The van der Waals surface area contributed by atoms with Crippen molar-refractivity contribution in [3.05, 3.63) is 35.7 Å².